The summed E-state index contributed by atoms with van der Waals surface area (Å²) in [5.74, 6) is 0.0633. The molecule has 0 spiro atoms. The Morgan fingerprint density at radius 1 is 0.931 bits per heavy atom. The molecule has 0 bridgehead atoms. The number of fused-ring (bicyclic) bond motifs is 2. The van der Waals surface area contributed by atoms with E-state index in [4.69, 9.17) is 0 Å². The summed E-state index contributed by atoms with van der Waals surface area (Å²) in [6.45, 7) is 0. The molecule has 0 fully saturated rings. The molecule has 1 aliphatic heterocycles. The van der Waals surface area contributed by atoms with E-state index in [2.05, 4.69) is 5.32 Å². The number of carbonyl (C=O) groups excluding carboxylic acids is 1. The molecule has 2 aliphatic rings. The van der Waals surface area contributed by atoms with E-state index < -0.39 is 5.92 Å². The van der Waals surface area contributed by atoms with Crippen LogP contribution in [0.2, 0.25) is 0 Å². The Morgan fingerprint density at radius 3 is 2.52 bits per heavy atom. The van der Waals surface area contributed by atoms with Crippen LogP contribution in [0, 0.1) is 0 Å². The van der Waals surface area contributed by atoms with Gasteiger partial charge in [0.1, 0.15) is 5.82 Å². The highest BCUT2D eigenvalue weighted by atomic mass is 16.2. The lowest BCUT2D eigenvalue weighted by Gasteiger charge is -2.34. The zero-order chi connectivity index (χ0) is 20.3. The minimum absolute atomic E-state index is 0.0678. The minimum Gasteiger partial charge on any atom is -0.344 e. The molecule has 1 atom stereocenters. The molecular weight excluding hydrogens is 366 g/mol. The lowest BCUT2D eigenvalue weighted by Crippen LogP contribution is -2.44. The van der Waals surface area contributed by atoms with Crippen molar-refractivity contribution in [3.8, 4) is 0 Å². The number of benzene rings is 2. The van der Waals surface area contributed by atoms with Crippen LogP contribution in [-0.4, -0.2) is 14.9 Å². The molecule has 1 N–H and O–H groups in total. The van der Waals surface area contributed by atoms with Crippen molar-refractivity contribution in [1.29, 1.82) is 0 Å². The van der Waals surface area contributed by atoms with Crippen molar-refractivity contribution in [2.75, 3.05) is 5.32 Å². The summed E-state index contributed by atoms with van der Waals surface area (Å²) in [4.78, 5) is 38.8. The number of ketones is 1. The van der Waals surface area contributed by atoms with E-state index in [-0.39, 0.29) is 17.0 Å². The Bertz CT molecular complexity index is 1340. The molecule has 0 radical (unpaired) electrons. The van der Waals surface area contributed by atoms with Gasteiger partial charge in [0.15, 0.2) is 5.78 Å². The van der Waals surface area contributed by atoms with E-state index in [1.807, 2.05) is 42.5 Å². The van der Waals surface area contributed by atoms with Gasteiger partial charge in [-0.1, -0.05) is 42.5 Å². The van der Waals surface area contributed by atoms with Crippen molar-refractivity contribution in [1.82, 2.24) is 9.13 Å². The molecule has 6 nitrogen and oxygen atoms in total. The Hall–Kier alpha value is -3.41. The number of allylic oxidation sites excluding steroid dienone is 2. The third-order valence-corrected chi connectivity index (χ3v) is 6.14. The Balaban J connectivity index is 1.93. The monoisotopic (exact) mass is 387 g/mol. The second kappa shape index (κ2) is 6.30. The van der Waals surface area contributed by atoms with Gasteiger partial charge in [-0.3, -0.25) is 18.7 Å². The van der Waals surface area contributed by atoms with Gasteiger partial charge in [0.25, 0.3) is 5.56 Å². The summed E-state index contributed by atoms with van der Waals surface area (Å²) in [5, 5.41) is 5.32. The van der Waals surface area contributed by atoms with E-state index in [0.29, 0.717) is 23.4 Å². The van der Waals surface area contributed by atoms with E-state index in [1.54, 1.807) is 7.05 Å². The van der Waals surface area contributed by atoms with E-state index >= 15 is 0 Å². The van der Waals surface area contributed by atoms with Gasteiger partial charge in [-0.2, -0.15) is 0 Å². The molecule has 1 aromatic heterocycles. The van der Waals surface area contributed by atoms with E-state index in [9.17, 15) is 14.4 Å². The third-order valence-electron chi connectivity index (χ3n) is 6.14. The van der Waals surface area contributed by atoms with Crippen LogP contribution in [0.1, 0.15) is 36.3 Å². The highest BCUT2D eigenvalue weighted by molar-refractivity contribution is 6.02. The number of carbonyl (C=O) groups is 1. The first kappa shape index (κ1) is 17.7. The van der Waals surface area contributed by atoms with Crippen LogP contribution >= 0.6 is 0 Å². The van der Waals surface area contributed by atoms with Crippen molar-refractivity contribution < 1.29 is 4.79 Å². The van der Waals surface area contributed by atoms with Crippen LogP contribution < -0.4 is 16.6 Å². The van der Waals surface area contributed by atoms with Crippen molar-refractivity contribution in [2.45, 2.75) is 25.2 Å². The summed E-state index contributed by atoms with van der Waals surface area (Å²) in [7, 11) is 3.14. The molecule has 0 amide bonds. The minimum atomic E-state index is -0.495. The average Bonchev–Trinajstić information content (AvgIpc) is 2.74. The fraction of sp³-hybridized carbons (Fsp3) is 0.261. The fourth-order valence-electron chi connectivity index (χ4n) is 4.71. The lowest BCUT2D eigenvalue weighted by molar-refractivity contribution is -0.116. The number of nitrogens with one attached hydrogen (secondary N) is 1. The van der Waals surface area contributed by atoms with Gasteiger partial charge in [0.05, 0.1) is 5.56 Å². The Kier molecular flexibility index (Phi) is 3.84. The highest BCUT2D eigenvalue weighted by Crippen LogP contribution is 2.45. The lowest BCUT2D eigenvalue weighted by atomic mass is 9.75. The molecule has 0 unspecified atom stereocenters. The topological polar surface area (TPSA) is 73.1 Å². The maximum atomic E-state index is 13.3. The van der Waals surface area contributed by atoms with Gasteiger partial charge in [-0.05, 0) is 29.2 Å². The molecule has 5 rings (SSSR count). The van der Waals surface area contributed by atoms with Crippen LogP contribution in [0.25, 0.3) is 10.8 Å². The standard InChI is InChI=1S/C23H21N3O3/c1-25-21-20(22(28)26(2)23(25)29)18(19-16(24-21)11-6-12-17(19)27)15-10-5-8-13-7-3-4-9-14(13)15/h3-5,7-10,18,24H,6,11-12H2,1-2H3/t18-/m1/s1. The second-order valence-electron chi connectivity index (χ2n) is 7.76. The largest absolute Gasteiger partial charge is 0.344 e. The van der Waals surface area contributed by atoms with Crippen LogP contribution in [0.3, 0.4) is 0 Å². The number of hydrogen-bond acceptors (Lipinski definition) is 4. The Morgan fingerprint density at radius 2 is 1.69 bits per heavy atom. The molecule has 1 aliphatic carbocycles. The maximum absolute atomic E-state index is 13.3. The van der Waals surface area contributed by atoms with Crippen molar-refractivity contribution in [3.05, 3.63) is 85.7 Å². The number of rotatable bonds is 1. The summed E-state index contributed by atoms with van der Waals surface area (Å²) in [6.07, 6.45) is 1.97. The first-order valence-corrected chi connectivity index (χ1v) is 9.80. The van der Waals surface area contributed by atoms with Crippen LogP contribution in [-0.2, 0) is 18.9 Å². The van der Waals surface area contributed by atoms with Gasteiger partial charge >= 0.3 is 5.69 Å². The van der Waals surface area contributed by atoms with Crippen molar-refractivity contribution in [2.24, 2.45) is 14.1 Å². The van der Waals surface area contributed by atoms with E-state index in [0.717, 1.165) is 39.4 Å². The normalized spacial score (nSPS) is 18.4. The van der Waals surface area contributed by atoms with E-state index in [1.165, 1.54) is 11.6 Å². The van der Waals surface area contributed by atoms with Gasteiger partial charge in [0, 0.05) is 37.7 Å². The number of nitrogens with zero attached hydrogens (tertiary/aromatic N) is 2. The maximum Gasteiger partial charge on any atom is 0.332 e. The highest BCUT2D eigenvalue weighted by Gasteiger charge is 2.39. The zero-order valence-corrected chi connectivity index (χ0v) is 16.4. The first-order chi connectivity index (χ1) is 14.0. The fourth-order valence-corrected chi connectivity index (χ4v) is 4.71. The van der Waals surface area contributed by atoms with Crippen molar-refractivity contribution >= 4 is 22.4 Å². The predicted molar refractivity (Wildman–Crippen MR) is 112 cm³/mol. The quantitative estimate of drug-likeness (QED) is 0.697. The number of anilines is 1. The Labute approximate surface area is 167 Å². The molecule has 2 aromatic carbocycles. The summed E-state index contributed by atoms with van der Waals surface area (Å²) >= 11 is 0. The molecule has 0 saturated heterocycles. The van der Waals surface area contributed by atoms with Crippen LogP contribution in [0.5, 0.6) is 0 Å². The summed E-state index contributed by atoms with van der Waals surface area (Å²) in [6, 6.07) is 14.0. The number of aromatic nitrogens is 2. The van der Waals surface area contributed by atoms with Gasteiger partial charge in [-0.15, -0.1) is 0 Å². The van der Waals surface area contributed by atoms with Gasteiger partial charge in [-0.25, -0.2) is 4.79 Å². The SMILES string of the molecule is Cn1c2c(c(=O)n(C)c1=O)[C@H](c1cccc3ccccc13)C1=C(CCCC1=O)N2. The smallest absolute Gasteiger partial charge is 0.332 e. The predicted octanol–water partition coefficient (Wildman–Crippen LogP) is 2.80. The molecule has 2 heterocycles. The first-order valence-electron chi connectivity index (χ1n) is 9.80. The average molecular weight is 387 g/mol. The summed E-state index contributed by atoms with van der Waals surface area (Å²) < 4.78 is 2.59. The van der Waals surface area contributed by atoms with Gasteiger partial charge < -0.3 is 5.32 Å². The molecule has 146 valence electrons. The van der Waals surface area contributed by atoms with Crippen LogP contribution in [0.15, 0.2) is 63.3 Å². The zero-order valence-electron chi connectivity index (χ0n) is 16.4. The molecule has 3 aromatic rings. The van der Waals surface area contributed by atoms with Crippen LogP contribution in [0.4, 0.5) is 5.82 Å². The van der Waals surface area contributed by atoms with Gasteiger partial charge in [0.2, 0.25) is 0 Å². The molecule has 6 heteroatoms. The molecule has 29 heavy (non-hydrogen) atoms. The third kappa shape index (κ3) is 2.45. The number of Topliss-reactive ketones (excluding diaryl/α,β-unsaturated/α-hetero) is 1. The number of hydrogen-bond donors (Lipinski definition) is 1. The molecular formula is C23H21N3O3. The second-order valence-corrected chi connectivity index (χ2v) is 7.76. The van der Waals surface area contributed by atoms with Crippen molar-refractivity contribution in [3.63, 3.8) is 0 Å². The molecule has 0 saturated carbocycles. The summed E-state index contributed by atoms with van der Waals surface area (Å²) in [5.41, 5.74) is 2.12.